The minimum Gasteiger partial charge on any atom is -0.382 e. The second-order valence-corrected chi connectivity index (χ2v) is 2.94. The van der Waals surface area contributed by atoms with Gasteiger partial charge in [-0.05, 0) is 0 Å². The first-order valence-corrected chi connectivity index (χ1v) is 4.21. The summed E-state index contributed by atoms with van der Waals surface area (Å²) in [7, 11) is 0.595. The van der Waals surface area contributed by atoms with Gasteiger partial charge in [-0.3, -0.25) is 0 Å². The largest absolute Gasteiger partial charge is 0.382 e. The van der Waals surface area contributed by atoms with Crippen LogP contribution in [0.5, 0.6) is 0 Å². The van der Waals surface area contributed by atoms with Gasteiger partial charge >= 0.3 is 8.60 Å². The molecule has 1 rings (SSSR count). The molecule has 1 aliphatic rings. The molecular formula is C5H11O4P. The highest BCUT2D eigenvalue weighted by atomic mass is 31.2. The van der Waals surface area contributed by atoms with E-state index in [0.29, 0.717) is 26.4 Å². The predicted molar refractivity (Wildman–Crippen MR) is 36.7 cm³/mol. The molecule has 60 valence electrons. The molecule has 1 fully saturated rings. The molecule has 0 unspecified atom stereocenters. The fourth-order valence-corrected chi connectivity index (χ4v) is 1.42. The number of rotatable bonds is 4. The third-order valence-corrected chi connectivity index (χ3v) is 2.14. The van der Waals surface area contributed by atoms with Crippen molar-refractivity contribution in [1.29, 1.82) is 0 Å². The Morgan fingerprint density at radius 3 is 2.60 bits per heavy atom. The molecule has 10 heavy (non-hydrogen) atoms. The van der Waals surface area contributed by atoms with Crippen molar-refractivity contribution in [2.45, 2.75) is 0 Å². The smallest absolute Gasteiger partial charge is 0.332 e. The van der Waals surface area contributed by atoms with Crippen LogP contribution in [0.25, 0.3) is 0 Å². The Morgan fingerprint density at radius 1 is 1.30 bits per heavy atom. The van der Waals surface area contributed by atoms with Gasteiger partial charge in [-0.1, -0.05) is 0 Å². The highest BCUT2D eigenvalue weighted by Gasteiger charge is 2.17. The zero-order valence-corrected chi connectivity index (χ0v) is 6.80. The topological polar surface area (TPSA) is 36.9 Å². The molecule has 4 nitrogen and oxygen atoms in total. The lowest BCUT2D eigenvalue weighted by atomic mass is 10.8. The van der Waals surface area contributed by atoms with Crippen molar-refractivity contribution in [3.63, 3.8) is 0 Å². The second-order valence-electron chi connectivity index (χ2n) is 1.72. The van der Waals surface area contributed by atoms with Crippen LogP contribution in [0.1, 0.15) is 0 Å². The van der Waals surface area contributed by atoms with Crippen molar-refractivity contribution in [2.24, 2.45) is 0 Å². The standard InChI is InChI=1S/C5H11O4P/c1-6-2-3-7-10-8-4-5-9-10/h2-5H2,1H3. The summed E-state index contributed by atoms with van der Waals surface area (Å²) in [4.78, 5) is 0. The molecule has 0 aromatic heterocycles. The maximum Gasteiger partial charge on any atom is 0.332 e. The maximum absolute atomic E-state index is 5.14. The highest BCUT2D eigenvalue weighted by Crippen LogP contribution is 2.42. The Balaban J connectivity index is 1.91. The van der Waals surface area contributed by atoms with Gasteiger partial charge in [0.2, 0.25) is 0 Å². The van der Waals surface area contributed by atoms with Crippen LogP contribution < -0.4 is 0 Å². The molecule has 0 aromatic rings. The van der Waals surface area contributed by atoms with Crippen LogP contribution >= 0.6 is 8.60 Å². The van der Waals surface area contributed by atoms with Gasteiger partial charge in [0.05, 0.1) is 26.4 Å². The Kier molecular flexibility index (Phi) is 4.18. The number of ether oxygens (including phenoxy) is 1. The molecule has 0 spiro atoms. The molecule has 1 saturated heterocycles. The van der Waals surface area contributed by atoms with Crippen molar-refractivity contribution in [1.82, 2.24) is 0 Å². The van der Waals surface area contributed by atoms with Crippen LogP contribution in [0.3, 0.4) is 0 Å². The minimum absolute atomic E-state index is 0.544. The molecule has 1 heterocycles. The average Bonchev–Trinajstić information content (AvgIpc) is 2.41. The molecule has 0 amide bonds. The zero-order chi connectivity index (χ0) is 7.23. The first-order valence-electron chi connectivity index (χ1n) is 3.11. The summed E-state index contributed by atoms with van der Waals surface area (Å²) in [5.41, 5.74) is 0. The summed E-state index contributed by atoms with van der Waals surface area (Å²) in [6.07, 6.45) is 0. The highest BCUT2D eigenvalue weighted by molar-refractivity contribution is 7.41. The van der Waals surface area contributed by atoms with Crippen molar-refractivity contribution in [3.8, 4) is 0 Å². The molecule has 0 aliphatic carbocycles. The fraction of sp³-hybridized carbons (Fsp3) is 1.00. The van der Waals surface area contributed by atoms with Crippen LogP contribution in [-0.4, -0.2) is 33.5 Å². The first kappa shape index (κ1) is 8.37. The zero-order valence-electron chi connectivity index (χ0n) is 5.91. The lowest BCUT2D eigenvalue weighted by Crippen LogP contribution is -1.97. The van der Waals surface area contributed by atoms with E-state index in [2.05, 4.69) is 0 Å². The summed E-state index contributed by atoms with van der Waals surface area (Å²) < 4.78 is 20.0. The minimum atomic E-state index is -1.04. The van der Waals surface area contributed by atoms with Gasteiger partial charge < -0.3 is 18.3 Å². The average molecular weight is 166 g/mol. The van der Waals surface area contributed by atoms with Crippen molar-refractivity contribution in [2.75, 3.05) is 33.5 Å². The van der Waals surface area contributed by atoms with Crippen LogP contribution in [-0.2, 0) is 18.3 Å². The van der Waals surface area contributed by atoms with E-state index >= 15 is 0 Å². The van der Waals surface area contributed by atoms with Crippen molar-refractivity contribution >= 4 is 8.60 Å². The molecule has 0 N–H and O–H groups in total. The van der Waals surface area contributed by atoms with Crippen molar-refractivity contribution < 1.29 is 18.3 Å². The van der Waals surface area contributed by atoms with E-state index in [1.54, 1.807) is 7.11 Å². The number of hydrogen-bond donors (Lipinski definition) is 0. The maximum atomic E-state index is 5.14. The molecule has 0 saturated carbocycles. The molecule has 0 radical (unpaired) electrons. The van der Waals surface area contributed by atoms with E-state index in [0.717, 1.165) is 0 Å². The van der Waals surface area contributed by atoms with Crippen molar-refractivity contribution in [3.05, 3.63) is 0 Å². The summed E-state index contributed by atoms with van der Waals surface area (Å²) in [5, 5.41) is 0. The van der Waals surface area contributed by atoms with E-state index in [1.165, 1.54) is 0 Å². The Labute approximate surface area is 61.4 Å². The van der Waals surface area contributed by atoms with Gasteiger partial charge in [-0.15, -0.1) is 0 Å². The molecule has 0 aromatic carbocycles. The van der Waals surface area contributed by atoms with Gasteiger partial charge in [0.15, 0.2) is 0 Å². The van der Waals surface area contributed by atoms with Crippen LogP contribution in [0.4, 0.5) is 0 Å². The molecule has 1 aliphatic heterocycles. The summed E-state index contributed by atoms with van der Waals surface area (Å²) >= 11 is 0. The van der Waals surface area contributed by atoms with Gasteiger partial charge in [0, 0.05) is 7.11 Å². The van der Waals surface area contributed by atoms with Gasteiger partial charge in [-0.2, -0.15) is 0 Å². The Hall–Kier alpha value is 0.270. The summed E-state index contributed by atoms with van der Waals surface area (Å²) in [6, 6.07) is 0. The molecule has 0 bridgehead atoms. The van der Waals surface area contributed by atoms with E-state index < -0.39 is 8.60 Å². The van der Waals surface area contributed by atoms with Crippen LogP contribution in [0.2, 0.25) is 0 Å². The monoisotopic (exact) mass is 166 g/mol. The van der Waals surface area contributed by atoms with E-state index in [4.69, 9.17) is 18.3 Å². The van der Waals surface area contributed by atoms with E-state index in [-0.39, 0.29) is 0 Å². The van der Waals surface area contributed by atoms with Crippen LogP contribution in [0.15, 0.2) is 0 Å². The molecular weight excluding hydrogens is 155 g/mol. The Bertz CT molecular complexity index is 83.7. The third kappa shape index (κ3) is 2.90. The quantitative estimate of drug-likeness (QED) is 0.459. The van der Waals surface area contributed by atoms with E-state index in [9.17, 15) is 0 Å². The van der Waals surface area contributed by atoms with Gasteiger partial charge in [0.1, 0.15) is 0 Å². The number of methoxy groups -OCH3 is 1. The fourth-order valence-electron chi connectivity index (χ4n) is 0.531. The molecule has 0 atom stereocenters. The van der Waals surface area contributed by atoms with E-state index in [1.807, 2.05) is 0 Å². The second kappa shape index (κ2) is 4.99. The summed E-state index contributed by atoms with van der Waals surface area (Å²) in [5.74, 6) is 0. The van der Waals surface area contributed by atoms with Gasteiger partial charge in [0.25, 0.3) is 0 Å². The molecule has 5 heteroatoms. The Morgan fingerprint density at radius 2 is 2.00 bits per heavy atom. The first-order chi connectivity index (χ1) is 4.93. The lowest BCUT2D eigenvalue weighted by Gasteiger charge is -2.06. The third-order valence-electron chi connectivity index (χ3n) is 0.961. The number of hydrogen-bond acceptors (Lipinski definition) is 4. The van der Waals surface area contributed by atoms with Crippen LogP contribution in [0, 0.1) is 0 Å². The predicted octanol–water partition coefficient (Wildman–Crippen LogP) is 0.923. The summed E-state index contributed by atoms with van der Waals surface area (Å²) in [6.45, 7) is 2.44. The van der Waals surface area contributed by atoms with Gasteiger partial charge in [-0.25, -0.2) is 0 Å². The SMILES string of the molecule is COCCOP1OCCO1. The lowest BCUT2D eigenvalue weighted by molar-refractivity contribution is 0.135. The normalized spacial score (nSPS) is 20.1.